The van der Waals surface area contributed by atoms with Crippen molar-refractivity contribution in [2.24, 2.45) is 0 Å². The molecule has 0 unspecified atom stereocenters. The van der Waals surface area contributed by atoms with Gasteiger partial charge in [0.15, 0.2) is 6.29 Å². The maximum absolute atomic E-state index is 9.51. The summed E-state index contributed by atoms with van der Waals surface area (Å²) >= 11 is 0. The first-order chi connectivity index (χ1) is 15.7. The molecule has 32 heavy (non-hydrogen) atoms. The first-order valence-electron chi connectivity index (χ1n) is 10.4. The normalized spacial score (nSPS) is 14.2. The molecular formula is C25H21N3O4. The van der Waals surface area contributed by atoms with Gasteiger partial charge in [-0.3, -0.25) is 0 Å². The number of fused-ring (bicyclic) bond motifs is 1. The first kappa shape index (κ1) is 20.2. The smallest absolute Gasteiger partial charge is 0.258 e. The molecule has 0 amide bonds. The Morgan fingerprint density at radius 1 is 0.969 bits per heavy atom. The van der Waals surface area contributed by atoms with Crippen molar-refractivity contribution >= 4 is 10.8 Å². The molecule has 0 aliphatic carbocycles. The highest BCUT2D eigenvalue weighted by atomic mass is 16.7. The number of benzene rings is 3. The lowest BCUT2D eigenvalue weighted by Crippen LogP contribution is -2.08. The molecule has 1 aromatic heterocycles. The fraction of sp³-hybridized carbons (Fsp3) is 0.240. The van der Waals surface area contributed by atoms with Crippen molar-refractivity contribution in [3.8, 4) is 34.7 Å². The molecule has 5 rings (SSSR count). The highest BCUT2D eigenvalue weighted by Gasteiger charge is 2.23. The van der Waals surface area contributed by atoms with Crippen LogP contribution >= 0.6 is 0 Å². The fourth-order valence-corrected chi connectivity index (χ4v) is 3.86. The Bertz CT molecular complexity index is 1320. The van der Waals surface area contributed by atoms with Crippen LogP contribution in [-0.2, 0) is 9.47 Å². The van der Waals surface area contributed by atoms with Gasteiger partial charge >= 0.3 is 0 Å². The Morgan fingerprint density at radius 2 is 1.75 bits per heavy atom. The summed E-state index contributed by atoms with van der Waals surface area (Å²) in [6.45, 7) is 4.97. The lowest BCUT2D eigenvalue weighted by molar-refractivity contribution is -0.0429. The molecule has 1 aliphatic heterocycles. The molecule has 160 valence electrons. The van der Waals surface area contributed by atoms with Crippen molar-refractivity contribution < 1.29 is 18.7 Å². The lowest BCUT2D eigenvalue weighted by atomic mass is 9.99. The van der Waals surface area contributed by atoms with E-state index in [2.05, 4.69) is 16.2 Å². The highest BCUT2D eigenvalue weighted by Crippen LogP contribution is 2.37. The van der Waals surface area contributed by atoms with Gasteiger partial charge in [-0.05, 0) is 42.8 Å². The Labute approximate surface area is 185 Å². The zero-order valence-corrected chi connectivity index (χ0v) is 17.7. The summed E-state index contributed by atoms with van der Waals surface area (Å²) in [7, 11) is 0. The van der Waals surface area contributed by atoms with Gasteiger partial charge in [0.05, 0.1) is 30.4 Å². The molecule has 1 fully saturated rings. The van der Waals surface area contributed by atoms with Crippen LogP contribution in [0.25, 0.3) is 33.6 Å². The Kier molecular flexibility index (Phi) is 5.31. The number of nitrogens with zero attached hydrogens (tertiary/aromatic N) is 3. The molecule has 7 heteroatoms. The molecule has 0 saturated carbocycles. The molecule has 4 aromatic rings. The molecule has 0 N–H and O–H groups in total. The Morgan fingerprint density at radius 3 is 2.50 bits per heavy atom. The summed E-state index contributed by atoms with van der Waals surface area (Å²) < 4.78 is 23.0. The van der Waals surface area contributed by atoms with Crippen molar-refractivity contribution in [3.63, 3.8) is 0 Å². The third kappa shape index (κ3) is 3.60. The third-order valence-corrected chi connectivity index (χ3v) is 5.22. The maximum Gasteiger partial charge on any atom is 0.258 e. The van der Waals surface area contributed by atoms with Crippen LogP contribution in [0.2, 0.25) is 0 Å². The molecular weight excluding hydrogens is 406 g/mol. The van der Waals surface area contributed by atoms with E-state index in [-0.39, 0.29) is 12.4 Å². The molecule has 1 aliphatic rings. The monoisotopic (exact) mass is 427 g/mol. The number of rotatable bonds is 5. The van der Waals surface area contributed by atoms with Gasteiger partial charge in [0, 0.05) is 11.1 Å². The average Bonchev–Trinajstić information content (AvgIpc) is 3.51. The zero-order valence-electron chi connectivity index (χ0n) is 17.7. The predicted octanol–water partition coefficient (Wildman–Crippen LogP) is 5.26. The second-order valence-electron chi connectivity index (χ2n) is 7.71. The Balaban J connectivity index is 1.60. The molecule has 7 nitrogen and oxygen atoms in total. The zero-order chi connectivity index (χ0) is 22.1. The lowest BCUT2D eigenvalue weighted by Gasteiger charge is -2.14. The van der Waals surface area contributed by atoms with Crippen LogP contribution in [0.3, 0.4) is 0 Å². The third-order valence-electron chi connectivity index (χ3n) is 5.22. The number of hydrogen-bond donors (Lipinski definition) is 0. The molecule has 1 saturated heterocycles. The van der Waals surface area contributed by atoms with Gasteiger partial charge in [-0.25, -0.2) is 0 Å². The second kappa shape index (κ2) is 8.42. The van der Waals surface area contributed by atoms with Gasteiger partial charge < -0.3 is 18.7 Å². The summed E-state index contributed by atoms with van der Waals surface area (Å²) in [5.41, 5.74) is 2.81. The van der Waals surface area contributed by atoms with Crippen LogP contribution in [0.1, 0.15) is 31.3 Å². The number of hydrogen-bond acceptors (Lipinski definition) is 7. The summed E-state index contributed by atoms with van der Waals surface area (Å²) in [5, 5.41) is 15.7. The number of aromatic nitrogens is 2. The van der Waals surface area contributed by atoms with Gasteiger partial charge in [-0.2, -0.15) is 10.2 Å². The van der Waals surface area contributed by atoms with Crippen LogP contribution in [0.5, 0.6) is 5.75 Å². The van der Waals surface area contributed by atoms with E-state index < -0.39 is 0 Å². The number of ether oxygens (including phenoxy) is 3. The topological polar surface area (TPSA) is 90.4 Å². The minimum absolute atomic E-state index is 0.105. The van der Waals surface area contributed by atoms with E-state index >= 15 is 0 Å². The van der Waals surface area contributed by atoms with Crippen LogP contribution in [0.15, 0.2) is 59.1 Å². The van der Waals surface area contributed by atoms with Crippen molar-refractivity contribution in [3.05, 3.63) is 65.7 Å². The number of nitriles is 1. The molecule has 2 heterocycles. The van der Waals surface area contributed by atoms with Gasteiger partial charge in [-0.1, -0.05) is 41.6 Å². The predicted molar refractivity (Wildman–Crippen MR) is 118 cm³/mol. The largest absolute Gasteiger partial charge is 0.489 e. The van der Waals surface area contributed by atoms with E-state index in [1.807, 2.05) is 56.3 Å². The van der Waals surface area contributed by atoms with Gasteiger partial charge in [0.1, 0.15) is 11.8 Å². The Hall–Kier alpha value is -3.73. The summed E-state index contributed by atoms with van der Waals surface area (Å²) in [5.74, 6) is 1.20. The van der Waals surface area contributed by atoms with Crippen LogP contribution in [0.4, 0.5) is 0 Å². The first-order valence-corrected chi connectivity index (χ1v) is 10.4. The van der Waals surface area contributed by atoms with Crippen molar-refractivity contribution in [1.29, 1.82) is 5.26 Å². The molecule has 0 bridgehead atoms. The van der Waals surface area contributed by atoms with E-state index in [1.165, 1.54) is 0 Å². The molecule has 3 aromatic carbocycles. The highest BCUT2D eigenvalue weighted by molar-refractivity contribution is 5.97. The summed E-state index contributed by atoms with van der Waals surface area (Å²) in [6, 6.07) is 19.4. The molecule has 0 atom stereocenters. The van der Waals surface area contributed by atoms with Gasteiger partial charge in [-0.15, -0.1) is 0 Å². The average molecular weight is 427 g/mol. The quantitative estimate of drug-likeness (QED) is 0.429. The summed E-state index contributed by atoms with van der Waals surface area (Å²) in [6.07, 6.45) is -0.484. The van der Waals surface area contributed by atoms with Gasteiger partial charge in [0.2, 0.25) is 5.82 Å². The second-order valence-corrected chi connectivity index (χ2v) is 7.71. The van der Waals surface area contributed by atoms with Crippen LogP contribution in [-0.4, -0.2) is 29.5 Å². The van der Waals surface area contributed by atoms with Crippen LogP contribution < -0.4 is 4.74 Å². The molecule has 0 spiro atoms. The van der Waals surface area contributed by atoms with E-state index in [0.29, 0.717) is 41.8 Å². The van der Waals surface area contributed by atoms with E-state index in [9.17, 15) is 5.26 Å². The minimum atomic E-state index is -0.378. The van der Waals surface area contributed by atoms with E-state index in [4.69, 9.17) is 18.7 Å². The fourth-order valence-electron chi connectivity index (χ4n) is 3.86. The number of para-hydroxylation sites is 1. The minimum Gasteiger partial charge on any atom is -0.489 e. The molecule has 0 radical (unpaired) electrons. The maximum atomic E-state index is 9.51. The standard InChI is InChI=1S/C25H21N3O4/c1-15(2)31-22-16(14-26)6-5-9-21(22)23-27-24(32-28-23)19-10-11-20(25-29-12-13-30-25)18-8-4-3-7-17(18)19/h3-11,15,25H,12-13H2,1-2H3. The van der Waals surface area contributed by atoms with E-state index in [0.717, 1.165) is 21.9 Å². The van der Waals surface area contributed by atoms with Gasteiger partial charge in [0.25, 0.3) is 5.89 Å². The van der Waals surface area contributed by atoms with E-state index in [1.54, 1.807) is 12.1 Å². The van der Waals surface area contributed by atoms with Crippen molar-refractivity contribution in [2.45, 2.75) is 26.2 Å². The summed E-state index contributed by atoms with van der Waals surface area (Å²) in [4.78, 5) is 4.64. The SMILES string of the molecule is CC(C)Oc1c(C#N)cccc1-c1noc(-c2ccc(C3OCCO3)c3ccccc23)n1. The van der Waals surface area contributed by atoms with Crippen molar-refractivity contribution in [2.75, 3.05) is 13.2 Å². The van der Waals surface area contributed by atoms with Crippen LogP contribution in [0, 0.1) is 11.3 Å². The van der Waals surface area contributed by atoms with Crippen molar-refractivity contribution in [1.82, 2.24) is 10.1 Å².